The molecular weight excluding hydrogens is 386 g/mol. The molecular formula is C23H20ClN3O2. The minimum atomic E-state index is -0.482. The molecule has 0 aliphatic heterocycles. The molecule has 2 aromatic carbocycles. The van der Waals surface area contributed by atoms with Gasteiger partial charge in [0.2, 0.25) is 0 Å². The first-order chi connectivity index (χ1) is 13.9. The maximum Gasteiger partial charge on any atom is 0.266 e. The van der Waals surface area contributed by atoms with E-state index in [1.54, 1.807) is 37.5 Å². The van der Waals surface area contributed by atoms with Crippen molar-refractivity contribution in [1.29, 1.82) is 5.26 Å². The number of amides is 1. The number of aromatic nitrogens is 1. The Kier molecular flexibility index (Phi) is 6.06. The van der Waals surface area contributed by atoms with Gasteiger partial charge >= 0.3 is 0 Å². The molecule has 3 aromatic rings. The van der Waals surface area contributed by atoms with Crippen LogP contribution >= 0.6 is 11.6 Å². The third-order valence-corrected chi connectivity index (χ3v) is 4.78. The number of nitriles is 1. The van der Waals surface area contributed by atoms with E-state index in [1.807, 2.05) is 50.2 Å². The summed E-state index contributed by atoms with van der Waals surface area (Å²) in [7, 11) is 1.63. The first-order valence-corrected chi connectivity index (χ1v) is 9.33. The van der Waals surface area contributed by atoms with Crippen molar-refractivity contribution < 1.29 is 9.53 Å². The Morgan fingerprint density at radius 3 is 2.52 bits per heavy atom. The Hall–Kier alpha value is -3.49. The standard InChI is InChI=1S/C23H20ClN3O2/c1-15-11-17(16(2)27(15)21-7-9-22(29-3)10-8-21)12-18(14-25)23(28)26-20-6-4-5-19(24)13-20/h4-13H,1-3H3,(H,26,28). The van der Waals surface area contributed by atoms with Crippen molar-refractivity contribution in [1.82, 2.24) is 4.57 Å². The van der Waals surface area contributed by atoms with Gasteiger partial charge in [0.1, 0.15) is 17.4 Å². The third kappa shape index (κ3) is 4.50. The predicted octanol–water partition coefficient (Wildman–Crippen LogP) is 5.30. The molecule has 146 valence electrons. The van der Waals surface area contributed by atoms with E-state index in [9.17, 15) is 10.1 Å². The van der Waals surface area contributed by atoms with Gasteiger partial charge in [-0.05, 0) is 74.0 Å². The lowest BCUT2D eigenvalue weighted by Crippen LogP contribution is -2.13. The van der Waals surface area contributed by atoms with Crippen molar-refractivity contribution in [3.63, 3.8) is 0 Å². The van der Waals surface area contributed by atoms with Gasteiger partial charge in [-0.2, -0.15) is 5.26 Å². The Labute approximate surface area is 174 Å². The van der Waals surface area contributed by atoms with Crippen LogP contribution in [0.1, 0.15) is 17.0 Å². The maximum atomic E-state index is 12.5. The average molecular weight is 406 g/mol. The monoisotopic (exact) mass is 405 g/mol. The Bertz CT molecular complexity index is 1120. The molecule has 0 aliphatic rings. The lowest BCUT2D eigenvalue weighted by molar-refractivity contribution is -0.112. The number of anilines is 1. The van der Waals surface area contributed by atoms with Crippen molar-refractivity contribution in [3.8, 4) is 17.5 Å². The normalized spacial score (nSPS) is 11.1. The van der Waals surface area contributed by atoms with E-state index in [0.29, 0.717) is 10.7 Å². The topological polar surface area (TPSA) is 67.0 Å². The van der Waals surface area contributed by atoms with Gasteiger partial charge in [-0.25, -0.2) is 0 Å². The van der Waals surface area contributed by atoms with Crippen LogP contribution in [0.3, 0.4) is 0 Å². The van der Waals surface area contributed by atoms with Crippen molar-refractivity contribution >= 4 is 29.3 Å². The van der Waals surface area contributed by atoms with Crippen molar-refractivity contribution in [3.05, 3.63) is 82.1 Å². The van der Waals surface area contributed by atoms with Crippen molar-refractivity contribution in [2.75, 3.05) is 12.4 Å². The number of halogens is 1. The van der Waals surface area contributed by atoms with Crippen LogP contribution in [0.2, 0.25) is 5.02 Å². The lowest BCUT2D eigenvalue weighted by Gasteiger charge is -2.10. The quantitative estimate of drug-likeness (QED) is 0.462. The van der Waals surface area contributed by atoms with Crippen LogP contribution in [0.25, 0.3) is 11.8 Å². The van der Waals surface area contributed by atoms with Gasteiger partial charge in [0.15, 0.2) is 0 Å². The Balaban J connectivity index is 1.91. The molecule has 0 radical (unpaired) electrons. The number of hydrogen-bond acceptors (Lipinski definition) is 3. The van der Waals surface area contributed by atoms with Crippen molar-refractivity contribution in [2.45, 2.75) is 13.8 Å². The number of ether oxygens (including phenoxy) is 1. The number of benzene rings is 2. The second-order valence-corrected chi connectivity index (χ2v) is 6.93. The van der Waals surface area contributed by atoms with Gasteiger partial charge in [0, 0.05) is 27.8 Å². The first kappa shape index (κ1) is 20.2. The molecule has 0 atom stereocenters. The summed E-state index contributed by atoms with van der Waals surface area (Å²) in [5.41, 5.74) is 4.24. The van der Waals surface area contributed by atoms with Crippen molar-refractivity contribution in [2.24, 2.45) is 0 Å². The molecule has 0 unspecified atom stereocenters. The van der Waals surface area contributed by atoms with E-state index < -0.39 is 5.91 Å². The first-order valence-electron chi connectivity index (χ1n) is 8.95. The molecule has 0 saturated heterocycles. The second kappa shape index (κ2) is 8.68. The highest BCUT2D eigenvalue weighted by atomic mass is 35.5. The van der Waals surface area contributed by atoms with Gasteiger partial charge < -0.3 is 14.6 Å². The minimum Gasteiger partial charge on any atom is -0.497 e. The molecule has 29 heavy (non-hydrogen) atoms. The maximum absolute atomic E-state index is 12.5. The largest absolute Gasteiger partial charge is 0.497 e. The molecule has 3 rings (SSSR count). The Morgan fingerprint density at radius 1 is 1.17 bits per heavy atom. The van der Waals surface area contributed by atoms with Crippen LogP contribution in [-0.4, -0.2) is 17.6 Å². The fraction of sp³-hybridized carbons (Fsp3) is 0.130. The van der Waals surface area contributed by atoms with Gasteiger partial charge in [-0.15, -0.1) is 0 Å². The van der Waals surface area contributed by atoms with Crippen LogP contribution in [0.15, 0.2) is 60.2 Å². The fourth-order valence-electron chi connectivity index (χ4n) is 3.13. The number of nitrogens with zero attached hydrogens (tertiary/aromatic N) is 2. The molecule has 1 N–H and O–H groups in total. The SMILES string of the molecule is COc1ccc(-n2c(C)cc(C=C(C#N)C(=O)Nc3cccc(Cl)c3)c2C)cc1. The summed E-state index contributed by atoms with van der Waals surface area (Å²) in [5, 5.41) is 12.7. The molecule has 0 saturated carbocycles. The zero-order chi connectivity index (χ0) is 21.0. The number of carbonyl (C=O) groups is 1. The molecule has 0 bridgehead atoms. The summed E-state index contributed by atoms with van der Waals surface area (Å²) in [6.07, 6.45) is 1.60. The van der Waals surface area contributed by atoms with Gasteiger partial charge in [-0.1, -0.05) is 17.7 Å². The summed E-state index contributed by atoms with van der Waals surface area (Å²) in [5.74, 6) is 0.296. The summed E-state index contributed by atoms with van der Waals surface area (Å²) >= 11 is 5.95. The number of methoxy groups -OCH3 is 1. The average Bonchev–Trinajstić information content (AvgIpc) is 2.99. The minimum absolute atomic E-state index is 0.0138. The van der Waals surface area contributed by atoms with Gasteiger partial charge in [0.25, 0.3) is 5.91 Å². The highest BCUT2D eigenvalue weighted by Gasteiger charge is 2.14. The van der Waals surface area contributed by atoms with Crippen LogP contribution in [-0.2, 0) is 4.79 Å². The van der Waals surface area contributed by atoms with Crippen LogP contribution < -0.4 is 10.1 Å². The number of hydrogen-bond donors (Lipinski definition) is 1. The second-order valence-electron chi connectivity index (χ2n) is 6.49. The van der Waals surface area contributed by atoms with E-state index in [4.69, 9.17) is 16.3 Å². The summed E-state index contributed by atoms with van der Waals surface area (Å²) in [6, 6.07) is 18.4. The van der Waals surface area contributed by atoms with E-state index >= 15 is 0 Å². The zero-order valence-electron chi connectivity index (χ0n) is 16.4. The van der Waals surface area contributed by atoms with E-state index in [2.05, 4.69) is 9.88 Å². The summed E-state index contributed by atoms with van der Waals surface area (Å²) in [4.78, 5) is 12.5. The molecule has 1 aromatic heterocycles. The number of nitrogens with one attached hydrogen (secondary N) is 1. The molecule has 1 heterocycles. The number of rotatable bonds is 5. The molecule has 0 spiro atoms. The molecule has 1 amide bonds. The number of aryl methyl sites for hydroxylation is 1. The van der Waals surface area contributed by atoms with E-state index in [-0.39, 0.29) is 5.57 Å². The van der Waals surface area contributed by atoms with Crippen LogP contribution in [0.4, 0.5) is 5.69 Å². The predicted molar refractivity (Wildman–Crippen MR) is 115 cm³/mol. The molecule has 5 nitrogen and oxygen atoms in total. The molecule has 0 aliphatic carbocycles. The Morgan fingerprint density at radius 2 is 1.90 bits per heavy atom. The van der Waals surface area contributed by atoms with Crippen LogP contribution in [0, 0.1) is 25.2 Å². The summed E-state index contributed by atoms with van der Waals surface area (Å²) in [6.45, 7) is 3.93. The highest BCUT2D eigenvalue weighted by molar-refractivity contribution is 6.31. The third-order valence-electron chi connectivity index (χ3n) is 4.55. The van der Waals surface area contributed by atoms with E-state index in [0.717, 1.165) is 28.4 Å². The van der Waals surface area contributed by atoms with E-state index in [1.165, 1.54) is 0 Å². The zero-order valence-corrected chi connectivity index (χ0v) is 17.1. The lowest BCUT2D eigenvalue weighted by atomic mass is 10.1. The van der Waals surface area contributed by atoms with Gasteiger partial charge in [-0.3, -0.25) is 4.79 Å². The highest BCUT2D eigenvalue weighted by Crippen LogP contribution is 2.25. The molecule has 6 heteroatoms. The number of carbonyl (C=O) groups excluding carboxylic acids is 1. The van der Waals surface area contributed by atoms with Crippen LogP contribution in [0.5, 0.6) is 5.75 Å². The fourth-order valence-corrected chi connectivity index (χ4v) is 3.32. The van der Waals surface area contributed by atoms with Gasteiger partial charge in [0.05, 0.1) is 7.11 Å². The summed E-state index contributed by atoms with van der Waals surface area (Å²) < 4.78 is 7.28. The molecule has 0 fully saturated rings. The smallest absolute Gasteiger partial charge is 0.266 e.